The first-order valence-electron chi connectivity index (χ1n) is 7.06. The molecule has 120 valence electrons. The van der Waals surface area contributed by atoms with E-state index in [1.807, 2.05) is 24.3 Å². The van der Waals surface area contributed by atoms with Crippen molar-refractivity contribution in [2.75, 3.05) is 7.11 Å². The van der Waals surface area contributed by atoms with E-state index in [0.717, 1.165) is 16.9 Å². The van der Waals surface area contributed by atoms with Crippen LogP contribution in [0.5, 0.6) is 17.5 Å². The minimum absolute atomic E-state index is 0.0281. The fourth-order valence-electron chi connectivity index (χ4n) is 2.06. The second-order valence-electron chi connectivity index (χ2n) is 4.80. The van der Waals surface area contributed by atoms with E-state index >= 15 is 0 Å². The van der Waals surface area contributed by atoms with Crippen LogP contribution in [0, 0.1) is 0 Å². The first kappa shape index (κ1) is 15.4. The lowest BCUT2D eigenvalue weighted by Gasteiger charge is -2.07. The maximum absolute atomic E-state index is 11.3. The third-order valence-corrected chi connectivity index (χ3v) is 3.26. The van der Waals surface area contributed by atoms with Crippen LogP contribution >= 0.6 is 0 Å². The van der Waals surface area contributed by atoms with Crippen molar-refractivity contribution in [3.8, 4) is 28.6 Å². The van der Waals surface area contributed by atoms with Gasteiger partial charge < -0.3 is 15.2 Å². The van der Waals surface area contributed by atoms with Crippen molar-refractivity contribution in [2.45, 2.75) is 0 Å². The molecule has 0 aliphatic rings. The summed E-state index contributed by atoms with van der Waals surface area (Å²) >= 11 is 0. The number of carbonyl (C=O) groups is 1. The van der Waals surface area contributed by atoms with Crippen molar-refractivity contribution in [1.29, 1.82) is 0 Å². The van der Waals surface area contributed by atoms with Crippen LogP contribution in [0.1, 0.15) is 10.5 Å². The van der Waals surface area contributed by atoms with Gasteiger partial charge in [-0.25, -0.2) is 15.0 Å². The minimum Gasteiger partial charge on any atom is -0.497 e. The smallest absolute Gasteiger partial charge is 0.321 e. The van der Waals surface area contributed by atoms with Crippen LogP contribution in [0.2, 0.25) is 0 Å². The number of amides is 1. The van der Waals surface area contributed by atoms with Gasteiger partial charge in [0.1, 0.15) is 5.75 Å². The molecule has 0 aliphatic carbocycles. The van der Waals surface area contributed by atoms with Gasteiger partial charge in [-0.1, -0.05) is 12.1 Å². The molecule has 7 nitrogen and oxygen atoms in total. The molecule has 0 saturated carbocycles. The quantitative estimate of drug-likeness (QED) is 0.774. The van der Waals surface area contributed by atoms with Crippen molar-refractivity contribution in [3.63, 3.8) is 0 Å². The molecule has 3 aromatic rings. The summed E-state index contributed by atoms with van der Waals surface area (Å²) in [6.07, 6.45) is 4.72. The summed E-state index contributed by atoms with van der Waals surface area (Å²) in [5.41, 5.74) is 7.06. The minimum atomic E-state index is -0.680. The predicted molar refractivity (Wildman–Crippen MR) is 86.8 cm³/mol. The normalized spacial score (nSPS) is 10.2. The maximum atomic E-state index is 11.3. The van der Waals surface area contributed by atoms with Gasteiger partial charge >= 0.3 is 6.01 Å². The zero-order valence-electron chi connectivity index (χ0n) is 12.8. The number of primary amides is 1. The van der Waals surface area contributed by atoms with Gasteiger partial charge in [-0.05, 0) is 29.8 Å². The number of rotatable bonds is 5. The SMILES string of the molecule is COc1ccc(-c2cnc(Oc3cccnc3C(N)=O)nc2)cc1. The molecular weight excluding hydrogens is 308 g/mol. The van der Waals surface area contributed by atoms with Crippen molar-refractivity contribution >= 4 is 5.91 Å². The Hall–Kier alpha value is -3.48. The van der Waals surface area contributed by atoms with E-state index in [-0.39, 0.29) is 17.5 Å². The zero-order chi connectivity index (χ0) is 16.9. The third kappa shape index (κ3) is 3.30. The summed E-state index contributed by atoms with van der Waals surface area (Å²) in [5.74, 6) is 0.304. The molecule has 1 amide bonds. The van der Waals surface area contributed by atoms with Crippen molar-refractivity contribution in [2.24, 2.45) is 5.73 Å². The highest BCUT2D eigenvalue weighted by Gasteiger charge is 2.12. The second kappa shape index (κ2) is 6.74. The Bertz CT molecular complexity index is 848. The van der Waals surface area contributed by atoms with Gasteiger partial charge in [-0.3, -0.25) is 4.79 Å². The fourth-order valence-corrected chi connectivity index (χ4v) is 2.06. The largest absolute Gasteiger partial charge is 0.497 e. The number of methoxy groups -OCH3 is 1. The van der Waals surface area contributed by atoms with Gasteiger partial charge in [-0.15, -0.1) is 0 Å². The first-order chi connectivity index (χ1) is 11.7. The Morgan fingerprint density at radius 2 is 1.71 bits per heavy atom. The summed E-state index contributed by atoms with van der Waals surface area (Å²) < 4.78 is 10.6. The fraction of sp³-hybridized carbons (Fsp3) is 0.0588. The number of hydrogen-bond donors (Lipinski definition) is 1. The van der Waals surface area contributed by atoms with E-state index in [1.165, 1.54) is 6.20 Å². The van der Waals surface area contributed by atoms with Crippen molar-refractivity contribution < 1.29 is 14.3 Å². The molecule has 0 unspecified atom stereocenters. The number of carbonyl (C=O) groups excluding carboxylic acids is 1. The summed E-state index contributed by atoms with van der Waals surface area (Å²) in [7, 11) is 1.61. The Labute approximate surface area is 138 Å². The maximum Gasteiger partial charge on any atom is 0.321 e. The van der Waals surface area contributed by atoms with Crippen LogP contribution in [0.25, 0.3) is 11.1 Å². The number of nitrogens with two attached hydrogens (primary N) is 1. The van der Waals surface area contributed by atoms with E-state index in [1.54, 1.807) is 31.6 Å². The number of pyridine rings is 1. The van der Waals surface area contributed by atoms with E-state index in [0.29, 0.717) is 0 Å². The Kier molecular flexibility index (Phi) is 4.33. The summed E-state index contributed by atoms with van der Waals surface area (Å²) in [6.45, 7) is 0. The Balaban J connectivity index is 1.81. The Morgan fingerprint density at radius 1 is 1.00 bits per heavy atom. The Morgan fingerprint density at radius 3 is 2.33 bits per heavy atom. The molecular formula is C17H14N4O3. The van der Waals surface area contributed by atoms with E-state index < -0.39 is 5.91 Å². The predicted octanol–water partition coefficient (Wildman–Crippen LogP) is 2.44. The van der Waals surface area contributed by atoms with Gasteiger partial charge in [0.25, 0.3) is 5.91 Å². The van der Waals surface area contributed by atoms with Gasteiger partial charge in [0.05, 0.1) is 7.11 Å². The second-order valence-corrected chi connectivity index (χ2v) is 4.80. The van der Waals surface area contributed by atoms with Crippen molar-refractivity contribution in [1.82, 2.24) is 15.0 Å². The van der Waals surface area contributed by atoms with Gasteiger partial charge in [0, 0.05) is 24.2 Å². The molecule has 0 saturated heterocycles. The summed E-state index contributed by atoms with van der Waals surface area (Å²) in [5, 5.41) is 0. The summed E-state index contributed by atoms with van der Waals surface area (Å²) in [4.78, 5) is 23.5. The molecule has 0 bridgehead atoms. The monoisotopic (exact) mass is 322 g/mol. The lowest BCUT2D eigenvalue weighted by molar-refractivity contribution is 0.0993. The molecule has 2 aromatic heterocycles. The molecule has 2 heterocycles. The van der Waals surface area contributed by atoms with Gasteiger partial charge in [0.15, 0.2) is 11.4 Å². The molecule has 3 rings (SSSR count). The van der Waals surface area contributed by atoms with Crippen LogP contribution in [0.3, 0.4) is 0 Å². The average molecular weight is 322 g/mol. The lowest BCUT2D eigenvalue weighted by atomic mass is 10.1. The highest BCUT2D eigenvalue weighted by atomic mass is 16.5. The van der Waals surface area contributed by atoms with Crippen LogP contribution in [0.15, 0.2) is 55.0 Å². The van der Waals surface area contributed by atoms with E-state index in [9.17, 15) is 4.79 Å². The molecule has 2 N–H and O–H groups in total. The van der Waals surface area contributed by atoms with Crippen LogP contribution in [-0.4, -0.2) is 28.0 Å². The number of ether oxygens (including phenoxy) is 2. The lowest BCUT2D eigenvalue weighted by Crippen LogP contribution is -2.14. The van der Waals surface area contributed by atoms with Crippen LogP contribution < -0.4 is 15.2 Å². The highest BCUT2D eigenvalue weighted by molar-refractivity contribution is 5.93. The molecule has 0 atom stereocenters. The number of nitrogens with zero attached hydrogens (tertiary/aromatic N) is 3. The van der Waals surface area contributed by atoms with Crippen molar-refractivity contribution in [3.05, 3.63) is 60.7 Å². The summed E-state index contributed by atoms with van der Waals surface area (Å²) in [6, 6.07) is 10.8. The molecule has 24 heavy (non-hydrogen) atoms. The first-order valence-corrected chi connectivity index (χ1v) is 7.06. The van der Waals surface area contributed by atoms with Gasteiger partial charge in [-0.2, -0.15) is 0 Å². The van der Waals surface area contributed by atoms with Crippen LogP contribution in [-0.2, 0) is 0 Å². The average Bonchev–Trinajstić information content (AvgIpc) is 2.63. The van der Waals surface area contributed by atoms with E-state index in [4.69, 9.17) is 15.2 Å². The standard InChI is InChI=1S/C17H14N4O3/c1-23-13-6-4-11(5-7-13)12-9-20-17(21-10-12)24-14-3-2-8-19-15(14)16(18)22/h2-10H,1H3,(H2,18,22). The topological polar surface area (TPSA) is 100 Å². The molecule has 0 aliphatic heterocycles. The number of benzene rings is 1. The number of aromatic nitrogens is 3. The van der Waals surface area contributed by atoms with Gasteiger partial charge in [0.2, 0.25) is 0 Å². The highest BCUT2D eigenvalue weighted by Crippen LogP contribution is 2.24. The van der Waals surface area contributed by atoms with E-state index in [2.05, 4.69) is 15.0 Å². The zero-order valence-corrected chi connectivity index (χ0v) is 12.8. The third-order valence-electron chi connectivity index (χ3n) is 3.26. The van der Waals surface area contributed by atoms with Crippen LogP contribution in [0.4, 0.5) is 0 Å². The molecule has 7 heteroatoms. The number of hydrogen-bond acceptors (Lipinski definition) is 6. The molecule has 0 spiro atoms. The molecule has 0 radical (unpaired) electrons. The molecule has 1 aromatic carbocycles. The molecule has 0 fully saturated rings.